The number of nitrogens with one attached hydrogen (secondary N) is 1. The van der Waals surface area contributed by atoms with Gasteiger partial charge in [-0.2, -0.15) is 0 Å². The van der Waals surface area contributed by atoms with E-state index < -0.39 is 10.0 Å². The van der Waals surface area contributed by atoms with E-state index in [0.29, 0.717) is 0 Å². The van der Waals surface area contributed by atoms with E-state index in [-0.39, 0.29) is 6.04 Å². The summed E-state index contributed by atoms with van der Waals surface area (Å²) in [6.07, 6.45) is 2.83. The van der Waals surface area contributed by atoms with Gasteiger partial charge in [0.25, 0.3) is 0 Å². The molecule has 0 aliphatic carbocycles. The average molecular weight is 177 g/mol. The fourth-order valence-corrected chi connectivity index (χ4v) is 1.94. The summed E-state index contributed by atoms with van der Waals surface area (Å²) in [6, 6.07) is 0.0197. The maximum atomic E-state index is 10.7. The Hall–Kier alpha value is -0.130. The lowest BCUT2D eigenvalue weighted by Crippen LogP contribution is -2.38. The molecule has 1 aliphatic rings. The molecule has 65 valence electrons. The molecule has 0 aromatic heterocycles. The van der Waals surface area contributed by atoms with E-state index >= 15 is 0 Å². The molecule has 0 aromatic rings. The van der Waals surface area contributed by atoms with Gasteiger partial charge in [-0.25, -0.2) is 8.42 Å². The molecule has 0 atom stereocenters. The third-order valence-corrected chi connectivity index (χ3v) is 2.33. The third kappa shape index (κ3) is 3.69. The molecule has 1 aliphatic heterocycles. The summed E-state index contributed by atoms with van der Waals surface area (Å²) in [7, 11) is -3.13. The zero-order chi connectivity index (χ0) is 8.32. The second kappa shape index (κ2) is 3.51. The Kier molecular flexibility index (Phi) is 2.86. The Morgan fingerprint density at radius 3 is 2.36 bits per heavy atom. The Labute approximate surface area is 67.4 Å². The number of nitrogens with zero attached hydrogens (tertiary/aromatic N) is 1. The molecule has 1 N–H and O–H groups in total. The molecule has 11 heavy (non-hydrogen) atoms. The Bertz CT molecular complexity index is 207. The number of hydrogen-bond acceptors (Lipinski definition) is 3. The van der Waals surface area contributed by atoms with Crippen molar-refractivity contribution in [2.24, 2.45) is 0 Å². The standard InChI is InChI=1S/C6H13N2O2S/c1-11(9,10)8-6-2-4-7-5-3-6/h6-7H,2-5H2,1H3. The second-order valence-electron chi connectivity index (χ2n) is 2.82. The monoisotopic (exact) mass is 177 g/mol. The predicted octanol–water partition coefficient (Wildman–Crippen LogP) is -0.698. The number of rotatable bonds is 2. The topological polar surface area (TPSA) is 60.3 Å². The van der Waals surface area contributed by atoms with Crippen LogP contribution in [0.4, 0.5) is 0 Å². The summed E-state index contributed by atoms with van der Waals surface area (Å²) in [6.45, 7) is 1.76. The molecular weight excluding hydrogens is 164 g/mol. The Balaban J connectivity index is 2.36. The molecule has 0 amide bonds. The van der Waals surface area contributed by atoms with Crippen molar-refractivity contribution >= 4 is 10.0 Å². The average Bonchev–Trinajstić information content (AvgIpc) is 1.85. The molecule has 1 fully saturated rings. The van der Waals surface area contributed by atoms with Gasteiger partial charge in [0.2, 0.25) is 10.0 Å². The summed E-state index contributed by atoms with van der Waals surface area (Å²) in [5.41, 5.74) is 0. The summed E-state index contributed by atoms with van der Waals surface area (Å²) in [5.74, 6) is 0. The van der Waals surface area contributed by atoms with Crippen LogP contribution in [0.1, 0.15) is 12.8 Å². The zero-order valence-corrected chi connectivity index (χ0v) is 7.39. The molecule has 0 aromatic carbocycles. The van der Waals surface area contributed by atoms with Gasteiger partial charge in [-0.3, -0.25) is 0 Å². The smallest absolute Gasteiger partial charge is 0.225 e. The van der Waals surface area contributed by atoms with Crippen molar-refractivity contribution < 1.29 is 8.42 Å². The first-order valence-electron chi connectivity index (χ1n) is 3.71. The largest absolute Gasteiger partial charge is 0.317 e. The maximum Gasteiger partial charge on any atom is 0.225 e. The van der Waals surface area contributed by atoms with Gasteiger partial charge in [-0.05, 0) is 25.9 Å². The number of piperidine rings is 1. The van der Waals surface area contributed by atoms with E-state index in [1.165, 1.54) is 0 Å². The highest BCUT2D eigenvalue weighted by Crippen LogP contribution is 2.04. The minimum Gasteiger partial charge on any atom is -0.317 e. The zero-order valence-electron chi connectivity index (χ0n) is 6.58. The van der Waals surface area contributed by atoms with Gasteiger partial charge in [0.15, 0.2) is 0 Å². The van der Waals surface area contributed by atoms with E-state index in [4.69, 9.17) is 0 Å². The van der Waals surface area contributed by atoms with Gasteiger partial charge < -0.3 is 5.32 Å². The lowest BCUT2D eigenvalue weighted by Gasteiger charge is -2.20. The molecule has 1 rings (SSSR count). The predicted molar refractivity (Wildman–Crippen MR) is 42.9 cm³/mol. The van der Waals surface area contributed by atoms with E-state index in [9.17, 15) is 8.42 Å². The van der Waals surface area contributed by atoms with Crippen LogP contribution in [0, 0.1) is 0 Å². The Morgan fingerprint density at radius 1 is 1.36 bits per heavy atom. The number of sulfonamides is 1. The van der Waals surface area contributed by atoms with E-state index in [1.807, 2.05) is 0 Å². The lowest BCUT2D eigenvalue weighted by molar-refractivity contribution is 0.424. The fraction of sp³-hybridized carbons (Fsp3) is 1.00. The molecule has 1 heterocycles. The summed E-state index contributed by atoms with van der Waals surface area (Å²) in [5, 5.41) is 3.15. The quantitative estimate of drug-likeness (QED) is 0.607. The van der Waals surface area contributed by atoms with Crippen molar-refractivity contribution in [1.82, 2.24) is 10.0 Å². The van der Waals surface area contributed by atoms with Crippen LogP contribution in [0.2, 0.25) is 0 Å². The van der Waals surface area contributed by atoms with Crippen molar-refractivity contribution in [2.75, 3.05) is 19.3 Å². The van der Waals surface area contributed by atoms with Crippen LogP contribution in [-0.4, -0.2) is 33.8 Å². The van der Waals surface area contributed by atoms with Gasteiger partial charge >= 0.3 is 0 Å². The minimum absolute atomic E-state index is 0.0197. The van der Waals surface area contributed by atoms with Crippen LogP contribution in [-0.2, 0) is 10.0 Å². The van der Waals surface area contributed by atoms with Crippen molar-refractivity contribution in [3.63, 3.8) is 0 Å². The van der Waals surface area contributed by atoms with Gasteiger partial charge in [0, 0.05) is 6.04 Å². The first-order valence-corrected chi connectivity index (χ1v) is 5.55. The summed E-state index contributed by atoms with van der Waals surface area (Å²) in [4.78, 5) is 0. The third-order valence-electron chi connectivity index (χ3n) is 1.65. The molecule has 4 nitrogen and oxygen atoms in total. The van der Waals surface area contributed by atoms with Crippen LogP contribution in [0.15, 0.2) is 0 Å². The summed E-state index contributed by atoms with van der Waals surface area (Å²) < 4.78 is 25.1. The van der Waals surface area contributed by atoms with Gasteiger partial charge in [0.05, 0.1) is 6.26 Å². The molecule has 1 saturated heterocycles. The highest BCUT2D eigenvalue weighted by molar-refractivity contribution is 7.88. The minimum atomic E-state index is -3.13. The molecule has 0 saturated carbocycles. The maximum absolute atomic E-state index is 10.7. The van der Waals surface area contributed by atoms with Gasteiger partial charge in [-0.1, -0.05) is 0 Å². The molecule has 0 spiro atoms. The number of hydrogen-bond donors (Lipinski definition) is 1. The highest BCUT2D eigenvalue weighted by Gasteiger charge is 2.17. The molecule has 5 heteroatoms. The van der Waals surface area contributed by atoms with Crippen LogP contribution in [0.25, 0.3) is 0 Å². The van der Waals surface area contributed by atoms with Crippen molar-refractivity contribution in [3.05, 3.63) is 0 Å². The Morgan fingerprint density at radius 2 is 1.91 bits per heavy atom. The highest BCUT2D eigenvalue weighted by atomic mass is 32.2. The van der Waals surface area contributed by atoms with Crippen LogP contribution >= 0.6 is 0 Å². The van der Waals surface area contributed by atoms with Gasteiger partial charge in [-0.15, -0.1) is 4.72 Å². The van der Waals surface area contributed by atoms with Crippen molar-refractivity contribution in [2.45, 2.75) is 18.9 Å². The first kappa shape index (κ1) is 8.96. The molecular formula is C6H13N2O2S. The van der Waals surface area contributed by atoms with Crippen molar-refractivity contribution in [3.8, 4) is 0 Å². The van der Waals surface area contributed by atoms with E-state index in [2.05, 4.69) is 10.0 Å². The second-order valence-corrected chi connectivity index (χ2v) is 4.50. The van der Waals surface area contributed by atoms with E-state index in [0.717, 1.165) is 32.2 Å². The lowest BCUT2D eigenvalue weighted by atomic mass is 10.1. The normalized spacial score (nSPS) is 21.9. The van der Waals surface area contributed by atoms with Crippen molar-refractivity contribution in [1.29, 1.82) is 0 Å². The van der Waals surface area contributed by atoms with Crippen LogP contribution in [0.3, 0.4) is 0 Å². The molecule has 1 radical (unpaired) electrons. The molecule has 0 unspecified atom stereocenters. The fourth-order valence-electron chi connectivity index (χ4n) is 1.18. The SMILES string of the molecule is CS(=O)(=O)[N]C1CCNCC1. The van der Waals surface area contributed by atoms with Gasteiger partial charge in [0.1, 0.15) is 0 Å². The molecule has 0 bridgehead atoms. The summed E-state index contributed by atoms with van der Waals surface area (Å²) >= 11 is 0. The first-order chi connectivity index (χ1) is 5.08. The van der Waals surface area contributed by atoms with Crippen LogP contribution in [0.5, 0.6) is 0 Å². The van der Waals surface area contributed by atoms with Crippen LogP contribution < -0.4 is 10.0 Å². The van der Waals surface area contributed by atoms with E-state index in [1.54, 1.807) is 0 Å².